The molecule has 28 heavy (non-hydrogen) atoms. The van der Waals surface area contributed by atoms with Gasteiger partial charge in [0.15, 0.2) is 5.65 Å². The van der Waals surface area contributed by atoms with Crippen molar-refractivity contribution in [2.45, 2.75) is 33.1 Å². The van der Waals surface area contributed by atoms with Crippen molar-refractivity contribution in [3.05, 3.63) is 42.4 Å². The lowest BCUT2D eigenvalue weighted by molar-refractivity contribution is -0.128. The normalized spacial score (nSPS) is 15.1. The van der Waals surface area contributed by atoms with Gasteiger partial charge >= 0.3 is 0 Å². The van der Waals surface area contributed by atoms with Crippen molar-refractivity contribution in [1.29, 1.82) is 0 Å². The molecule has 3 aromatic rings. The summed E-state index contributed by atoms with van der Waals surface area (Å²) in [7, 11) is 0. The van der Waals surface area contributed by atoms with Gasteiger partial charge < -0.3 is 9.80 Å². The third-order valence-electron chi connectivity index (χ3n) is 5.17. The third kappa shape index (κ3) is 3.56. The van der Waals surface area contributed by atoms with Crippen LogP contribution in [0.3, 0.4) is 0 Å². The van der Waals surface area contributed by atoms with E-state index in [1.165, 1.54) is 0 Å². The van der Waals surface area contributed by atoms with Crippen molar-refractivity contribution in [3.63, 3.8) is 0 Å². The molecule has 0 bridgehead atoms. The second-order valence-corrected chi connectivity index (χ2v) is 7.19. The highest BCUT2D eigenvalue weighted by molar-refractivity contribution is 5.88. The first-order chi connectivity index (χ1) is 13.7. The summed E-state index contributed by atoms with van der Waals surface area (Å²) >= 11 is 0. The van der Waals surface area contributed by atoms with Gasteiger partial charge in [-0.15, -0.1) is 0 Å². The van der Waals surface area contributed by atoms with Crippen LogP contribution in [0.1, 0.15) is 32.5 Å². The Balaban J connectivity index is 1.77. The topological polar surface area (TPSA) is 67.2 Å². The summed E-state index contributed by atoms with van der Waals surface area (Å²) in [6, 6.07) is 10.1. The molecule has 3 heterocycles. The molecule has 0 spiro atoms. The summed E-state index contributed by atoms with van der Waals surface area (Å²) in [6.07, 6.45) is 4.61. The summed E-state index contributed by atoms with van der Waals surface area (Å²) in [5.41, 5.74) is 1.83. The van der Waals surface area contributed by atoms with Gasteiger partial charge in [-0.05, 0) is 25.0 Å². The highest BCUT2D eigenvalue weighted by Gasteiger charge is 2.22. The largest absolute Gasteiger partial charge is 0.354 e. The number of nitrogens with zero attached hydrogens (tertiary/aromatic N) is 6. The van der Waals surface area contributed by atoms with E-state index in [2.05, 4.69) is 16.9 Å². The molecule has 0 N–H and O–H groups in total. The lowest BCUT2D eigenvalue weighted by atomic mass is 10.2. The van der Waals surface area contributed by atoms with E-state index in [1.54, 1.807) is 6.92 Å². The van der Waals surface area contributed by atoms with Crippen LogP contribution in [0.25, 0.3) is 16.7 Å². The van der Waals surface area contributed by atoms with E-state index < -0.39 is 0 Å². The number of carbonyl (C=O) groups excluding carboxylic acids is 1. The molecular weight excluding hydrogens is 352 g/mol. The zero-order chi connectivity index (χ0) is 19.5. The van der Waals surface area contributed by atoms with Crippen LogP contribution in [0.4, 0.5) is 5.82 Å². The Morgan fingerprint density at radius 2 is 1.89 bits per heavy atom. The third-order valence-corrected chi connectivity index (χ3v) is 5.17. The van der Waals surface area contributed by atoms with Crippen molar-refractivity contribution in [1.82, 2.24) is 24.6 Å². The number of amides is 1. The number of aryl methyl sites for hydroxylation is 1. The van der Waals surface area contributed by atoms with E-state index >= 15 is 0 Å². The number of carbonyl (C=O) groups is 1. The molecule has 0 atom stereocenters. The van der Waals surface area contributed by atoms with Crippen molar-refractivity contribution in [2.24, 2.45) is 0 Å². The maximum Gasteiger partial charge on any atom is 0.219 e. The smallest absolute Gasteiger partial charge is 0.219 e. The van der Waals surface area contributed by atoms with Gasteiger partial charge in [0.1, 0.15) is 11.6 Å². The zero-order valence-electron chi connectivity index (χ0n) is 16.5. The van der Waals surface area contributed by atoms with Gasteiger partial charge in [-0.2, -0.15) is 5.10 Å². The fourth-order valence-electron chi connectivity index (χ4n) is 3.72. The molecular formula is C21H26N6O. The van der Waals surface area contributed by atoms with Gasteiger partial charge in [-0.1, -0.05) is 25.1 Å². The number of hydrogen-bond donors (Lipinski definition) is 0. The first-order valence-electron chi connectivity index (χ1n) is 9.98. The van der Waals surface area contributed by atoms with Crippen LogP contribution in [0.15, 0.2) is 36.5 Å². The van der Waals surface area contributed by atoms with E-state index in [0.717, 1.165) is 73.8 Å². The predicted octanol–water partition coefficient (Wildman–Crippen LogP) is 2.83. The molecule has 0 unspecified atom stereocenters. The van der Waals surface area contributed by atoms with Gasteiger partial charge in [0.25, 0.3) is 0 Å². The fraction of sp³-hybridized carbons (Fsp3) is 0.429. The van der Waals surface area contributed by atoms with Crippen LogP contribution < -0.4 is 4.90 Å². The quantitative estimate of drug-likeness (QED) is 0.698. The van der Waals surface area contributed by atoms with Gasteiger partial charge in [-0.3, -0.25) is 4.79 Å². The van der Waals surface area contributed by atoms with Crippen molar-refractivity contribution in [3.8, 4) is 5.69 Å². The molecule has 1 aliphatic heterocycles. The van der Waals surface area contributed by atoms with Crippen LogP contribution in [-0.4, -0.2) is 56.7 Å². The molecule has 1 fully saturated rings. The highest BCUT2D eigenvalue weighted by Crippen LogP contribution is 2.27. The number of fused-ring (bicyclic) bond motifs is 1. The van der Waals surface area contributed by atoms with Crippen LogP contribution in [0.2, 0.25) is 0 Å². The van der Waals surface area contributed by atoms with Crippen LogP contribution in [-0.2, 0) is 11.2 Å². The molecule has 1 saturated heterocycles. The Hall–Kier alpha value is -2.96. The molecule has 1 aliphatic rings. The molecule has 0 saturated carbocycles. The number of rotatable bonds is 4. The number of para-hydroxylation sites is 1. The zero-order valence-corrected chi connectivity index (χ0v) is 16.5. The number of benzene rings is 1. The molecule has 0 aliphatic carbocycles. The van der Waals surface area contributed by atoms with E-state index in [1.807, 2.05) is 46.1 Å². The molecule has 7 nitrogen and oxygen atoms in total. The van der Waals surface area contributed by atoms with Crippen molar-refractivity contribution < 1.29 is 4.79 Å². The fourth-order valence-corrected chi connectivity index (χ4v) is 3.72. The average Bonchev–Trinajstić information content (AvgIpc) is 2.96. The second kappa shape index (κ2) is 7.96. The van der Waals surface area contributed by atoms with E-state index in [-0.39, 0.29) is 5.91 Å². The lowest BCUT2D eigenvalue weighted by Crippen LogP contribution is -2.34. The van der Waals surface area contributed by atoms with Crippen LogP contribution in [0.5, 0.6) is 0 Å². The minimum absolute atomic E-state index is 0.137. The SMILES string of the molecule is CCCc1nc(N2CCCN(C(C)=O)CC2)c2cnn(-c3ccccc3)c2n1. The summed E-state index contributed by atoms with van der Waals surface area (Å²) in [6.45, 7) is 6.94. The number of anilines is 1. The van der Waals surface area contributed by atoms with Gasteiger partial charge in [0.05, 0.1) is 17.3 Å². The summed E-state index contributed by atoms with van der Waals surface area (Å²) in [5, 5.41) is 5.57. The van der Waals surface area contributed by atoms with E-state index in [9.17, 15) is 4.79 Å². The Kier molecular flexibility index (Phi) is 5.23. The maximum absolute atomic E-state index is 11.8. The maximum atomic E-state index is 11.8. The number of aromatic nitrogens is 4. The monoisotopic (exact) mass is 378 g/mol. The average molecular weight is 378 g/mol. The van der Waals surface area contributed by atoms with Gasteiger partial charge in [0.2, 0.25) is 5.91 Å². The first-order valence-corrected chi connectivity index (χ1v) is 9.98. The number of hydrogen-bond acceptors (Lipinski definition) is 5. The Labute approximate surface area is 165 Å². The lowest BCUT2D eigenvalue weighted by Gasteiger charge is -2.23. The summed E-state index contributed by atoms with van der Waals surface area (Å²) < 4.78 is 1.89. The van der Waals surface area contributed by atoms with Gasteiger partial charge in [0, 0.05) is 39.5 Å². The van der Waals surface area contributed by atoms with Gasteiger partial charge in [-0.25, -0.2) is 14.6 Å². The molecule has 4 rings (SSSR count). The van der Waals surface area contributed by atoms with E-state index in [0.29, 0.717) is 0 Å². The molecule has 146 valence electrons. The molecule has 2 aromatic heterocycles. The molecule has 0 radical (unpaired) electrons. The predicted molar refractivity (Wildman–Crippen MR) is 110 cm³/mol. The van der Waals surface area contributed by atoms with E-state index in [4.69, 9.17) is 9.97 Å². The molecule has 1 aromatic carbocycles. The standard InChI is InChI=1S/C21H26N6O/c1-3-8-19-23-20(26-12-7-11-25(13-14-26)16(2)28)18-15-22-27(21(18)24-19)17-9-5-4-6-10-17/h4-6,9-10,15H,3,7-8,11-14H2,1-2H3. The summed E-state index contributed by atoms with van der Waals surface area (Å²) in [4.78, 5) is 25.7. The Morgan fingerprint density at radius 1 is 1.07 bits per heavy atom. The summed E-state index contributed by atoms with van der Waals surface area (Å²) in [5.74, 6) is 1.91. The highest BCUT2D eigenvalue weighted by atomic mass is 16.2. The minimum Gasteiger partial charge on any atom is -0.354 e. The first kappa shape index (κ1) is 18.4. The molecule has 7 heteroatoms. The molecule has 1 amide bonds. The Morgan fingerprint density at radius 3 is 2.64 bits per heavy atom. The second-order valence-electron chi connectivity index (χ2n) is 7.19. The van der Waals surface area contributed by atoms with Crippen LogP contribution >= 0.6 is 0 Å². The Bertz CT molecular complexity index is 968. The van der Waals surface area contributed by atoms with Crippen LogP contribution in [0, 0.1) is 0 Å². The van der Waals surface area contributed by atoms with Crippen molar-refractivity contribution in [2.75, 3.05) is 31.1 Å². The van der Waals surface area contributed by atoms with Crippen molar-refractivity contribution >= 4 is 22.8 Å². The minimum atomic E-state index is 0.137.